The highest BCUT2D eigenvalue weighted by atomic mass is 32.2. The standard InChI is InChI=1S/C10H10N2OS/c11-10(13)7-14-6-5-12-8-3-1-2-4-9(8)14/h1-5H,6-7H2,(H-,11,13)/p+1. The third-order valence-electron chi connectivity index (χ3n) is 2.00. The molecule has 72 valence electrons. The Morgan fingerprint density at radius 2 is 2.29 bits per heavy atom. The van der Waals surface area contributed by atoms with E-state index in [9.17, 15) is 4.79 Å². The quantitative estimate of drug-likeness (QED) is 0.719. The SMILES string of the molecule is NC(=O)C[S+]1CC=Nc2ccccc21. The van der Waals surface area contributed by atoms with E-state index >= 15 is 0 Å². The molecule has 1 heterocycles. The molecule has 0 aromatic heterocycles. The van der Waals surface area contributed by atoms with Crippen LogP contribution in [0.1, 0.15) is 0 Å². The molecule has 0 fully saturated rings. The first-order valence-corrected chi connectivity index (χ1v) is 5.91. The predicted molar refractivity (Wildman–Crippen MR) is 59.2 cm³/mol. The first-order valence-electron chi connectivity index (χ1n) is 4.35. The smallest absolute Gasteiger partial charge is 0.267 e. The van der Waals surface area contributed by atoms with Crippen LogP contribution >= 0.6 is 0 Å². The lowest BCUT2D eigenvalue weighted by atomic mass is 10.3. The summed E-state index contributed by atoms with van der Waals surface area (Å²) in [6, 6.07) is 7.91. The van der Waals surface area contributed by atoms with Crippen LogP contribution in [0.2, 0.25) is 0 Å². The second kappa shape index (κ2) is 3.84. The summed E-state index contributed by atoms with van der Waals surface area (Å²) >= 11 is 0. The molecule has 1 amide bonds. The zero-order valence-corrected chi connectivity index (χ0v) is 8.46. The molecule has 0 radical (unpaired) electrons. The molecule has 1 aliphatic rings. The molecular formula is C10H11N2OS+. The van der Waals surface area contributed by atoms with Gasteiger partial charge in [0.25, 0.3) is 5.91 Å². The molecule has 0 aliphatic carbocycles. The van der Waals surface area contributed by atoms with Gasteiger partial charge in [0, 0.05) is 10.9 Å². The Kier molecular flexibility index (Phi) is 2.54. The summed E-state index contributed by atoms with van der Waals surface area (Å²) in [4.78, 5) is 16.3. The number of carbonyl (C=O) groups excluding carboxylic acids is 1. The number of hydrogen-bond acceptors (Lipinski definition) is 2. The minimum atomic E-state index is -0.238. The molecule has 1 aromatic carbocycles. The van der Waals surface area contributed by atoms with E-state index < -0.39 is 0 Å². The minimum absolute atomic E-state index is 0.0735. The van der Waals surface area contributed by atoms with Gasteiger partial charge in [-0.2, -0.15) is 0 Å². The summed E-state index contributed by atoms with van der Waals surface area (Å²) in [6.07, 6.45) is 1.87. The Morgan fingerprint density at radius 1 is 1.50 bits per heavy atom. The van der Waals surface area contributed by atoms with Gasteiger partial charge in [-0.25, -0.2) is 0 Å². The number of hydrogen-bond donors (Lipinski definition) is 1. The third-order valence-corrected chi connectivity index (χ3v) is 4.15. The van der Waals surface area contributed by atoms with E-state index in [1.165, 1.54) is 0 Å². The maximum Gasteiger partial charge on any atom is 0.267 e. The van der Waals surface area contributed by atoms with Crippen LogP contribution in [0.25, 0.3) is 0 Å². The van der Waals surface area contributed by atoms with E-state index in [-0.39, 0.29) is 16.8 Å². The summed E-state index contributed by atoms with van der Waals surface area (Å²) in [5, 5.41) is 0. The Hall–Kier alpha value is -1.29. The zero-order chi connectivity index (χ0) is 9.97. The Balaban J connectivity index is 2.31. The molecule has 1 aliphatic heterocycles. The Morgan fingerprint density at radius 3 is 3.07 bits per heavy atom. The van der Waals surface area contributed by atoms with Crippen LogP contribution in [-0.4, -0.2) is 23.6 Å². The van der Waals surface area contributed by atoms with Crippen LogP contribution in [0.15, 0.2) is 34.2 Å². The molecule has 0 saturated carbocycles. The van der Waals surface area contributed by atoms with E-state index in [0.29, 0.717) is 5.75 Å². The highest BCUT2D eigenvalue weighted by Gasteiger charge is 2.28. The zero-order valence-electron chi connectivity index (χ0n) is 7.64. The molecule has 1 aromatic rings. The molecule has 1 atom stereocenters. The van der Waals surface area contributed by atoms with Crippen LogP contribution in [0.4, 0.5) is 5.69 Å². The second-order valence-electron chi connectivity index (χ2n) is 3.05. The minimum Gasteiger partial charge on any atom is -0.366 e. The molecular weight excluding hydrogens is 196 g/mol. The number of amides is 1. The van der Waals surface area contributed by atoms with E-state index in [1.54, 1.807) is 0 Å². The van der Waals surface area contributed by atoms with E-state index in [4.69, 9.17) is 5.73 Å². The molecule has 14 heavy (non-hydrogen) atoms. The number of carbonyl (C=O) groups is 1. The fraction of sp³-hybridized carbons (Fsp3) is 0.200. The van der Waals surface area contributed by atoms with Gasteiger partial charge < -0.3 is 5.73 Å². The van der Waals surface area contributed by atoms with Crippen molar-refractivity contribution in [2.75, 3.05) is 11.5 Å². The molecule has 0 spiro atoms. The number of benzene rings is 1. The van der Waals surface area contributed by atoms with Crippen LogP contribution in [0.3, 0.4) is 0 Å². The number of primary amides is 1. The molecule has 2 rings (SSSR count). The molecule has 3 nitrogen and oxygen atoms in total. The third kappa shape index (κ3) is 1.80. The van der Waals surface area contributed by atoms with E-state index in [2.05, 4.69) is 4.99 Å². The number of fused-ring (bicyclic) bond motifs is 1. The van der Waals surface area contributed by atoms with Crippen LogP contribution < -0.4 is 5.73 Å². The monoisotopic (exact) mass is 207 g/mol. The fourth-order valence-electron chi connectivity index (χ4n) is 1.43. The van der Waals surface area contributed by atoms with Gasteiger partial charge in [0.05, 0.1) is 6.21 Å². The molecule has 2 N–H and O–H groups in total. The van der Waals surface area contributed by atoms with Crippen molar-refractivity contribution >= 4 is 28.7 Å². The van der Waals surface area contributed by atoms with Crippen molar-refractivity contribution in [3.8, 4) is 0 Å². The van der Waals surface area contributed by atoms with Crippen molar-refractivity contribution in [3.63, 3.8) is 0 Å². The summed E-state index contributed by atoms with van der Waals surface area (Å²) in [6.45, 7) is 0. The first-order chi connectivity index (χ1) is 6.77. The van der Waals surface area contributed by atoms with Gasteiger partial charge in [-0.05, 0) is 12.1 Å². The molecule has 0 bridgehead atoms. The maximum absolute atomic E-state index is 10.9. The number of nitrogens with zero attached hydrogens (tertiary/aromatic N) is 1. The summed E-state index contributed by atoms with van der Waals surface area (Å²) in [7, 11) is -0.0735. The number of nitrogens with two attached hydrogens (primary N) is 1. The summed E-state index contributed by atoms with van der Waals surface area (Å²) < 4.78 is 0. The summed E-state index contributed by atoms with van der Waals surface area (Å²) in [5.74, 6) is 1.03. The Labute approximate surface area is 85.4 Å². The number of rotatable bonds is 2. The molecule has 4 heteroatoms. The number of para-hydroxylation sites is 1. The van der Waals surface area contributed by atoms with Gasteiger partial charge >= 0.3 is 0 Å². The normalized spacial score (nSPS) is 19.0. The molecule has 0 saturated heterocycles. The van der Waals surface area contributed by atoms with Gasteiger partial charge in [0.2, 0.25) is 0 Å². The number of aliphatic imine (C=N–C) groups is 1. The average molecular weight is 207 g/mol. The van der Waals surface area contributed by atoms with E-state index in [1.807, 2.05) is 30.5 Å². The Bertz CT molecular complexity index is 389. The van der Waals surface area contributed by atoms with E-state index in [0.717, 1.165) is 16.3 Å². The lowest BCUT2D eigenvalue weighted by molar-refractivity contribution is -0.115. The lowest BCUT2D eigenvalue weighted by Gasteiger charge is -2.10. The van der Waals surface area contributed by atoms with Gasteiger partial charge in [0.15, 0.2) is 10.6 Å². The predicted octanol–water partition coefficient (Wildman–Crippen LogP) is 0.865. The molecule has 1 unspecified atom stereocenters. The highest BCUT2D eigenvalue weighted by Crippen LogP contribution is 2.28. The van der Waals surface area contributed by atoms with Crippen LogP contribution in [-0.2, 0) is 15.7 Å². The van der Waals surface area contributed by atoms with Crippen molar-refractivity contribution in [2.45, 2.75) is 4.90 Å². The van der Waals surface area contributed by atoms with Crippen molar-refractivity contribution in [2.24, 2.45) is 10.7 Å². The summed E-state index contributed by atoms with van der Waals surface area (Å²) in [5.41, 5.74) is 6.18. The average Bonchev–Trinajstić information content (AvgIpc) is 2.18. The van der Waals surface area contributed by atoms with Gasteiger partial charge in [-0.15, -0.1) is 0 Å². The fourth-order valence-corrected chi connectivity index (χ4v) is 3.17. The largest absolute Gasteiger partial charge is 0.366 e. The van der Waals surface area contributed by atoms with Gasteiger partial charge in [0.1, 0.15) is 11.4 Å². The second-order valence-corrected chi connectivity index (χ2v) is 5.10. The maximum atomic E-state index is 10.9. The lowest BCUT2D eigenvalue weighted by Crippen LogP contribution is -2.27. The highest BCUT2D eigenvalue weighted by molar-refractivity contribution is 7.98. The first kappa shape index (κ1) is 9.27. The van der Waals surface area contributed by atoms with Crippen molar-refractivity contribution < 1.29 is 4.79 Å². The van der Waals surface area contributed by atoms with Gasteiger partial charge in [-0.3, -0.25) is 9.79 Å². The van der Waals surface area contributed by atoms with Crippen LogP contribution in [0.5, 0.6) is 0 Å². The van der Waals surface area contributed by atoms with Crippen molar-refractivity contribution in [1.82, 2.24) is 0 Å². The van der Waals surface area contributed by atoms with Crippen LogP contribution in [0, 0.1) is 0 Å². The van der Waals surface area contributed by atoms with Crippen molar-refractivity contribution in [1.29, 1.82) is 0 Å². The van der Waals surface area contributed by atoms with Crippen molar-refractivity contribution in [3.05, 3.63) is 24.3 Å². The topological polar surface area (TPSA) is 55.5 Å². The van der Waals surface area contributed by atoms with Gasteiger partial charge in [-0.1, -0.05) is 12.1 Å².